The van der Waals surface area contributed by atoms with Crippen LogP contribution in [0.4, 0.5) is 0 Å². The van der Waals surface area contributed by atoms with Crippen LogP contribution >= 0.6 is 0 Å². The highest BCUT2D eigenvalue weighted by atomic mass is 15.1. The van der Waals surface area contributed by atoms with Gasteiger partial charge in [0.1, 0.15) is 0 Å². The largest absolute Gasteiger partial charge is 0.261 e. The van der Waals surface area contributed by atoms with Crippen LogP contribution in [0.2, 0.25) is 0 Å². The average molecular weight is 488 g/mol. The van der Waals surface area contributed by atoms with E-state index in [4.69, 9.17) is 0 Å². The van der Waals surface area contributed by atoms with Crippen LogP contribution in [0.1, 0.15) is 39.9 Å². The first-order chi connectivity index (χ1) is 18.7. The second kappa shape index (κ2) is 7.84. The predicted molar refractivity (Wildman–Crippen MR) is 149 cm³/mol. The van der Waals surface area contributed by atoms with E-state index in [-0.39, 0.29) is 12.0 Å². The van der Waals surface area contributed by atoms with E-state index >= 15 is 0 Å². The Hall–Kier alpha value is -4.81. The van der Waals surface area contributed by atoms with Crippen molar-refractivity contribution in [1.82, 2.24) is 0 Å². The van der Waals surface area contributed by atoms with E-state index in [0.717, 1.165) is 12.0 Å². The van der Waals surface area contributed by atoms with E-state index in [1.165, 1.54) is 61.1 Å². The summed E-state index contributed by atoms with van der Waals surface area (Å²) in [5.74, 6) is 0.192. The predicted octanol–water partition coefficient (Wildman–Crippen LogP) is 6.62. The summed E-state index contributed by atoms with van der Waals surface area (Å²) in [6, 6.07) is 37.2. The molecule has 8 rings (SSSR count). The van der Waals surface area contributed by atoms with Crippen molar-refractivity contribution in [3.63, 3.8) is 0 Å². The first-order valence-corrected chi connectivity index (χ1v) is 13.2. The van der Waals surface area contributed by atoms with E-state index in [9.17, 15) is 5.26 Å². The topological polar surface area (TPSA) is 31.8 Å². The molecule has 0 radical (unpaired) electrons. The van der Waals surface area contributed by atoms with Crippen LogP contribution < -0.4 is 8.97 Å². The molecule has 0 saturated heterocycles. The van der Waals surface area contributed by atoms with Gasteiger partial charge in [0.2, 0.25) is 17.3 Å². The fourth-order valence-electron chi connectivity index (χ4n) is 6.99. The minimum Gasteiger partial charge on any atom is -0.192 e. The summed E-state index contributed by atoms with van der Waals surface area (Å²) in [5, 5.41) is 12.8. The summed E-state index contributed by atoms with van der Waals surface area (Å²) in [7, 11) is 0. The van der Waals surface area contributed by atoms with Gasteiger partial charge in [0.05, 0.1) is 28.5 Å². The van der Waals surface area contributed by atoms with Gasteiger partial charge in [0.15, 0.2) is 12.4 Å². The maximum Gasteiger partial charge on any atom is 0.261 e. The lowest BCUT2D eigenvalue weighted by Gasteiger charge is -2.25. The standard InChI is InChI=1S/C35H25N3/c1-22-14-16-32-28-13-7-10-24(19-36)33(28)30-18-29-26-11-5-6-12-27(26)31-17-15-25(23-8-3-2-4-9-23)21-38(31)34(29)35(30)37(32)20-22/h2-17,20-21,30,35H,18H2,1H3/q+2. The van der Waals surface area contributed by atoms with Crippen molar-refractivity contribution in [2.75, 3.05) is 0 Å². The van der Waals surface area contributed by atoms with Gasteiger partial charge < -0.3 is 0 Å². The zero-order valence-corrected chi connectivity index (χ0v) is 21.1. The summed E-state index contributed by atoms with van der Waals surface area (Å²) < 4.78 is 4.93. The molecule has 38 heavy (non-hydrogen) atoms. The van der Waals surface area contributed by atoms with Crippen LogP contribution in [0.3, 0.4) is 0 Å². The number of aryl methyl sites for hydroxylation is 1. The van der Waals surface area contributed by atoms with Gasteiger partial charge in [0, 0.05) is 28.8 Å². The maximum absolute atomic E-state index is 10.2. The number of benzene rings is 3. The molecule has 3 aromatic carbocycles. The molecule has 2 aliphatic rings. The molecule has 0 amide bonds. The van der Waals surface area contributed by atoms with Crippen molar-refractivity contribution in [1.29, 1.82) is 5.26 Å². The molecule has 1 aliphatic heterocycles. The Morgan fingerprint density at radius 2 is 1.58 bits per heavy atom. The van der Waals surface area contributed by atoms with Crippen LogP contribution in [0.25, 0.3) is 38.7 Å². The molecule has 3 heteroatoms. The monoisotopic (exact) mass is 487 g/mol. The van der Waals surface area contributed by atoms with Gasteiger partial charge in [-0.05, 0) is 60.2 Å². The fraction of sp³-hybridized carbons (Fsp3) is 0.114. The van der Waals surface area contributed by atoms with E-state index in [0.29, 0.717) is 0 Å². The molecule has 0 bridgehead atoms. The molecular weight excluding hydrogens is 462 g/mol. The van der Waals surface area contributed by atoms with Crippen LogP contribution in [0.5, 0.6) is 0 Å². The highest BCUT2D eigenvalue weighted by molar-refractivity contribution is 5.97. The highest BCUT2D eigenvalue weighted by Gasteiger charge is 2.53. The SMILES string of the molecule is Cc1ccc2[n+](c1)C1c3c(c4ccccc4c4ccc(-c5ccccc5)c[n+]34)CC1c1c(C#N)cccc1-2. The Kier molecular flexibility index (Phi) is 4.39. The van der Waals surface area contributed by atoms with Crippen LogP contribution in [-0.4, -0.2) is 0 Å². The van der Waals surface area contributed by atoms with Gasteiger partial charge in [-0.2, -0.15) is 14.2 Å². The number of rotatable bonds is 1. The number of nitrogens with zero attached hydrogens (tertiary/aromatic N) is 3. The normalized spacial score (nSPS) is 16.9. The minimum absolute atomic E-state index is 0.102. The molecule has 3 aromatic heterocycles. The third kappa shape index (κ3) is 2.83. The molecule has 6 aromatic rings. The number of aromatic nitrogens is 2. The third-order valence-electron chi connectivity index (χ3n) is 8.54. The van der Waals surface area contributed by atoms with E-state index in [1.54, 1.807) is 0 Å². The first-order valence-electron chi connectivity index (χ1n) is 13.2. The lowest BCUT2D eigenvalue weighted by atomic mass is 9.81. The molecule has 0 N–H and O–H groups in total. The number of pyridine rings is 3. The summed E-state index contributed by atoms with van der Waals surface area (Å²) >= 11 is 0. The quantitative estimate of drug-likeness (QED) is 0.189. The van der Waals surface area contributed by atoms with Gasteiger partial charge in [-0.15, -0.1) is 0 Å². The highest BCUT2D eigenvalue weighted by Crippen LogP contribution is 2.50. The Morgan fingerprint density at radius 3 is 2.42 bits per heavy atom. The zero-order chi connectivity index (χ0) is 25.4. The van der Waals surface area contributed by atoms with Gasteiger partial charge in [0.25, 0.3) is 5.69 Å². The summed E-state index contributed by atoms with van der Waals surface area (Å²) in [5.41, 5.74) is 11.9. The molecule has 0 saturated carbocycles. The number of nitriles is 1. The molecule has 2 unspecified atom stereocenters. The molecule has 0 fully saturated rings. The summed E-state index contributed by atoms with van der Waals surface area (Å²) in [4.78, 5) is 0. The van der Waals surface area contributed by atoms with Crippen LogP contribution in [-0.2, 0) is 6.42 Å². The van der Waals surface area contributed by atoms with Crippen molar-refractivity contribution in [3.8, 4) is 28.5 Å². The van der Waals surface area contributed by atoms with Crippen molar-refractivity contribution < 1.29 is 8.97 Å². The average Bonchev–Trinajstić information content (AvgIpc) is 3.38. The summed E-state index contributed by atoms with van der Waals surface area (Å²) in [6.45, 7) is 2.17. The van der Waals surface area contributed by atoms with Gasteiger partial charge >= 0.3 is 0 Å². The van der Waals surface area contributed by atoms with Crippen LogP contribution in [0, 0.1) is 18.3 Å². The van der Waals surface area contributed by atoms with Crippen LogP contribution in [0.15, 0.2) is 109 Å². The van der Waals surface area contributed by atoms with Crippen molar-refractivity contribution in [2.24, 2.45) is 0 Å². The van der Waals surface area contributed by atoms with Gasteiger partial charge in [-0.1, -0.05) is 54.6 Å². The Labute approximate surface area is 221 Å². The van der Waals surface area contributed by atoms with E-state index in [2.05, 4.69) is 119 Å². The van der Waals surface area contributed by atoms with Crippen molar-refractivity contribution in [3.05, 3.63) is 137 Å². The number of hydrogen-bond donors (Lipinski definition) is 0. The van der Waals surface area contributed by atoms with Gasteiger partial charge in [-0.3, -0.25) is 0 Å². The van der Waals surface area contributed by atoms with E-state index in [1.807, 2.05) is 12.1 Å². The van der Waals surface area contributed by atoms with Crippen molar-refractivity contribution in [2.45, 2.75) is 25.3 Å². The fourth-order valence-corrected chi connectivity index (χ4v) is 6.99. The zero-order valence-electron chi connectivity index (χ0n) is 21.1. The number of hydrogen-bond acceptors (Lipinski definition) is 1. The second-order valence-corrected chi connectivity index (χ2v) is 10.6. The second-order valence-electron chi connectivity index (χ2n) is 10.6. The maximum atomic E-state index is 10.2. The van der Waals surface area contributed by atoms with E-state index < -0.39 is 0 Å². The van der Waals surface area contributed by atoms with Gasteiger partial charge in [-0.25, -0.2) is 0 Å². The molecule has 1 aliphatic carbocycles. The lowest BCUT2D eigenvalue weighted by Crippen LogP contribution is -2.50. The first kappa shape index (κ1) is 21.3. The van der Waals surface area contributed by atoms with Crippen molar-refractivity contribution >= 4 is 16.3 Å². The molecular formula is C35H25N3+2. The number of fused-ring (bicyclic) bond motifs is 13. The Bertz CT molecular complexity index is 1980. The molecule has 178 valence electrons. The third-order valence-corrected chi connectivity index (χ3v) is 8.54. The molecule has 4 heterocycles. The molecule has 3 nitrogen and oxygen atoms in total. The Balaban J connectivity index is 1.51. The Morgan fingerprint density at radius 1 is 0.763 bits per heavy atom. The minimum atomic E-state index is 0.102. The smallest absolute Gasteiger partial charge is 0.192 e. The lowest BCUT2D eigenvalue weighted by molar-refractivity contribution is -0.724. The molecule has 0 spiro atoms. The summed E-state index contributed by atoms with van der Waals surface area (Å²) in [6.07, 6.45) is 5.53. The molecule has 2 atom stereocenters.